The number of rotatable bonds is 1. The topological polar surface area (TPSA) is 43.7 Å². The van der Waals surface area contributed by atoms with Crippen LogP contribution in [0.15, 0.2) is 24.3 Å². The molecule has 0 aromatic heterocycles. The minimum absolute atomic E-state index is 0.0700. The molecule has 4 heteroatoms. The fraction of sp³-hybridized carbons (Fsp3) is 0. The van der Waals surface area contributed by atoms with Crippen LogP contribution in [0.3, 0.4) is 0 Å². The number of nitrogens with zero attached hydrogens (tertiary/aromatic N) is 1. The van der Waals surface area contributed by atoms with E-state index in [1.165, 1.54) is 12.1 Å². The summed E-state index contributed by atoms with van der Waals surface area (Å²) in [6.07, 6.45) is 0. The molecule has 0 aliphatic carbocycles. The largest absolute Gasteiger partial charge is 0.264 e. The van der Waals surface area contributed by atoms with Crippen LogP contribution in [0.25, 0.3) is 0 Å². The van der Waals surface area contributed by atoms with Crippen molar-refractivity contribution in [2.24, 2.45) is 0 Å². The second kappa shape index (κ2) is 2.64. The van der Waals surface area contributed by atoms with Crippen molar-refractivity contribution in [3.05, 3.63) is 30.1 Å². The lowest BCUT2D eigenvalue weighted by Crippen LogP contribution is -2.10. The fourth-order valence-corrected chi connectivity index (χ4v) is 0.574. The summed E-state index contributed by atoms with van der Waals surface area (Å²) in [5, 5.41) is 16.7. The van der Waals surface area contributed by atoms with Crippen molar-refractivity contribution in [1.82, 2.24) is 0 Å². The van der Waals surface area contributed by atoms with E-state index < -0.39 is 5.82 Å². The van der Waals surface area contributed by atoms with E-state index >= 15 is 0 Å². The predicted octanol–water partition coefficient (Wildman–Crippen LogP) is 1.41. The molecular weight excluding hydrogens is 137 g/mol. The summed E-state index contributed by atoms with van der Waals surface area (Å²) in [6.45, 7) is 0. The van der Waals surface area contributed by atoms with Crippen LogP contribution in [0.2, 0.25) is 0 Å². The van der Waals surface area contributed by atoms with Crippen molar-refractivity contribution in [2.75, 3.05) is 5.23 Å². The molecule has 0 heterocycles. The normalized spacial score (nSPS) is 9.50. The van der Waals surface area contributed by atoms with E-state index in [9.17, 15) is 4.39 Å². The third-order valence-electron chi connectivity index (χ3n) is 1.06. The van der Waals surface area contributed by atoms with Crippen molar-refractivity contribution in [3.63, 3.8) is 0 Å². The summed E-state index contributed by atoms with van der Waals surface area (Å²) in [7, 11) is 0. The Kier molecular flexibility index (Phi) is 1.84. The van der Waals surface area contributed by atoms with Crippen molar-refractivity contribution in [3.8, 4) is 0 Å². The molecule has 0 aliphatic rings. The van der Waals surface area contributed by atoms with Gasteiger partial charge in [0.15, 0.2) is 0 Å². The molecule has 10 heavy (non-hydrogen) atoms. The van der Waals surface area contributed by atoms with Gasteiger partial charge in [0, 0.05) is 0 Å². The molecule has 0 saturated carbocycles. The Labute approximate surface area is 56.9 Å². The van der Waals surface area contributed by atoms with Gasteiger partial charge in [-0.15, -0.1) is 5.23 Å². The van der Waals surface area contributed by atoms with Gasteiger partial charge < -0.3 is 0 Å². The van der Waals surface area contributed by atoms with Crippen molar-refractivity contribution in [2.45, 2.75) is 0 Å². The Hall–Kier alpha value is -1.13. The first-order valence-electron chi connectivity index (χ1n) is 2.63. The Morgan fingerprint density at radius 2 is 1.60 bits per heavy atom. The maximum atomic E-state index is 12.2. The van der Waals surface area contributed by atoms with E-state index in [0.717, 1.165) is 12.1 Å². The van der Waals surface area contributed by atoms with E-state index in [1.807, 2.05) is 0 Å². The van der Waals surface area contributed by atoms with Crippen LogP contribution in [0.1, 0.15) is 0 Å². The monoisotopic (exact) mass is 143 g/mol. The molecule has 1 aromatic rings. The number of hydrogen-bond acceptors (Lipinski definition) is 3. The van der Waals surface area contributed by atoms with Gasteiger partial charge in [-0.05, 0) is 24.3 Å². The van der Waals surface area contributed by atoms with Crippen LogP contribution < -0.4 is 5.23 Å². The van der Waals surface area contributed by atoms with Gasteiger partial charge in [-0.3, -0.25) is 10.4 Å². The maximum Gasteiger partial charge on any atom is 0.123 e. The van der Waals surface area contributed by atoms with Crippen molar-refractivity contribution < 1.29 is 14.8 Å². The molecule has 0 unspecified atom stereocenters. The van der Waals surface area contributed by atoms with E-state index in [2.05, 4.69) is 0 Å². The fourth-order valence-electron chi connectivity index (χ4n) is 0.574. The highest BCUT2D eigenvalue weighted by Crippen LogP contribution is 2.09. The molecule has 0 radical (unpaired) electrons. The predicted molar refractivity (Wildman–Crippen MR) is 32.5 cm³/mol. The second-order valence-corrected chi connectivity index (χ2v) is 1.77. The quantitative estimate of drug-likeness (QED) is 0.584. The minimum atomic E-state index is -0.411. The first-order valence-corrected chi connectivity index (χ1v) is 2.63. The average Bonchev–Trinajstić information content (AvgIpc) is 1.88. The third kappa shape index (κ3) is 1.43. The first kappa shape index (κ1) is 6.98. The molecule has 2 N–H and O–H groups in total. The van der Waals surface area contributed by atoms with Crippen molar-refractivity contribution in [1.29, 1.82) is 0 Å². The standard InChI is InChI=1S/C6H6FNO2/c7-5-1-3-6(4-2-5)8(9)10/h1-4,9-10H. The Bertz CT molecular complexity index is 209. The van der Waals surface area contributed by atoms with Crippen LogP contribution >= 0.6 is 0 Å². The molecule has 0 fully saturated rings. The Morgan fingerprint density at radius 3 is 2.00 bits per heavy atom. The van der Waals surface area contributed by atoms with Crippen LogP contribution in [0, 0.1) is 5.82 Å². The van der Waals surface area contributed by atoms with Gasteiger partial charge in [0.1, 0.15) is 5.82 Å². The van der Waals surface area contributed by atoms with Gasteiger partial charge >= 0.3 is 0 Å². The van der Waals surface area contributed by atoms with Gasteiger partial charge in [-0.25, -0.2) is 4.39 Å². The summed E-state index contributed by atoms with van der Waals surface area (Å²) >= 11 is 0. The molecule has 54 valence electrons. The molecule has 0 bridgehead atoms. The van der Waals surface area contributed by atoms with Crippen LogP contribution in [0.4, 0.5) is 10.1 Å². The average molecular weight is 143 g/mol. The van der Waals surface area contributed by atoms with E-state index in [-0.39, 0.29) is 10.9 Å². The molecular formula is C6H6FNO2. The number of hydrogen-bond donors (Lipinski definition) is 2. The van der Waals surface area contributed by atoms with Gasteiger partial charge in [0.05, 0.1) is 5.69 Å². The molecule has 1 aromatic carbocycles. The SMILES string of the molecule is ON(O)c1ccc(F)cc1. The van der Waals surface area contributed by atoms with Gasteiger partial charge in [-0.2, -0.15) is 0 Å². The molecule has 3 nitrogen and oxygen atoms in total. The van der Waals surface area contributed by atoms with Gasteiger partial charge in [0.25, 0.3) is 0 Å². The van der Waals surface area contributed by atoms with Crippen molar-refractivity contribution >= 4 is 5.69 Å². The minimum Gasteiger partial charge on any atom is -0.264 e. The number of anilines is 1. The smallest absolute Gasteiger partial charge is 0.123 e. The lowest BCUT2D eigenvalue weighted by molar-refractivity contribution is 0.0291. The highest BCUT2D eigenvalue weighted by molar-refractivity contribution is 5.40. The van der Waals surface area contributed by atoms with Gasteiger partial charge in [0.2, 0.25) is 0 Å². The number of halogens is 1. The summed E-state index contributed by atoms with van der Waals surface area (Å²) in [5.41, 5.74) is 0.126. The zero-order valence-electron chi connectivity index (χ0n) is 5.03. The molecule has 0 amide bonds. The van der Waals surface area contributed by atoms with Crippen LogP contribution in [-0.2, 0) is 0 Å². The summed E-state index contributed by atoms with van der Waals surface area (Å²) in [5.74, 6) is -0.411. The zero-order chi connectivity index (χ0) is 7.56. The van der Waals surface area contributed by atoms with E-state index in [0.29, 0.717) is 0 Å². The lowest BCUT2D eigenvalue weighted by atomic mass is 10.3. The molecule has 0 spiro atoms. The summed E-state index contributed by atoms with van der Waals surface area (Å²) < 4.78 is 12.2. The Morgan fingerprint density at radius 1 is 1.10 bits per heavy atom. The van der Waals surface area contributed by atoms with E-state index in [1.54, 1.807) is 0 Å². The summed E-state index contributed by atoms with van der Waals surface area (Å²) in [4.78, 5) is 0. The first-order chi connectivity index (χ1) is 4.70. The summed E-state index contributed by atoms with van der Waals surface area (Å²) in [6, 6.07) is 4.76. The van der Waals surface area contributed by atoms with E-state index in [4.69, 9.17) is 10.4 Å². The highest BCUT2D eigenvalue weighted by Gasteiger charge is 1.96. The lowest BCUT2D eigenvalue weighted by Gasteiger charge is -2.05. The third-order valence-corrected chi connectivity index (χ3v) is 1.06. The number of benzene rings is 1. The molecule has 1 rings (SSSR count). The second-order valence-electron chi connectivity index (χ2n) is 1.77. The molecule has 0 atom stereocenters. The Balaban J connectivity index is 2.89. The zero-order valence-corrected chi connectivity index (χ0v) is 5.03. The van der Waals surface area contributed by atoms with Gasteiger partial charge in [-0.1, -0.05) is 0 Å². The highest BCUT2D eigenvalue weighted by atomic mass is 19.1. The van der Waals surface area contributed by atoms with Crippen LogP contribution in [-0.4, -0.2) is 10.4 Å². The van der Waals surface area contributed by atoms with Crippen LogP contribution in [0.5, 0.6) is 0 Å². The molecule has 0 aliphatic heterocycles. The maximum absolute atomic E-state index is 12.2. The molecule has 0 saturated heterocycles.